The van der Waals surface area contributed by atoms with Gasteiger partial charge in [0, 0.05) is 11.6 Å². The lowest BCUT2D eigenvalue weighted by atomic mass is 10.1. The fourth-order valence-corrected chi connectivity index (χ4v) is 1.87. The Balaban J connectivity index is 2.84. The Morgan fingerprint density at radius 3 is 2.80 bits per heavy atom. The van der Waals surface area contributed by atoms with Gasteiger partial charge in [0.1, 0.15) is 5.75 Å². The van der Waals surface area contributed by atoms with Crippen LogP contribution in [0.4, 0.5) is 0 Å². The number of hydrogen-bond donors (Lipinski definition) is 2. The molecule has 3 nitrogen and oxygen atoms in total. The van der Waals surface area contributed by atoms with Gasteiger partial charge in [-0.25, -0.2) is 0 Å². The molecule has 0 fully saturated rings. The summed E-state index contributed by atoms with van der Waals surface area (Å²) in [4.78, 5) is 0. The van der Waals surface area contributed by atoms with E-state index in [9.17, 15) is 0 Å². The van der Waals surface area contributed by atoms with Gasteiger partial charge in [-0.3, -0.25) is 5.32 Å². The van der Waals surface area contributed by atoms with Crippen molar-refractivity contribution < 1.29 is 9.84 Å². The molecule has 0 aromatic heterocycles. The number of halogens is 1. The van der Waals surface area contributed by atoms with E-state index in [-0.39, 0.29) is 6.73 Å². The van der Waals surface area contributed by atoms with Crippen molar-refractivity contribution in [2.75, 3.05) is 20.4 Å². The second kappa shape index (κ2) is 5.95. The van der Waals surface area contributed by atoms with E-state index in [0.29, 0.717) is 11.6 Å². The largest absolute Gasteiger partial charge is 0.496 e. The average molecular weight is 230 g/mol. The average Bonchev–Trinajstić information content (AvgIpc) is 2.17. The van der Waals surface area contributed by atoms with Crippen molar-refractivity contribution in [2.45, 2.75) is 13.3 Å². The molecule has 0 aliphatic carbocycles. The highest BCUT2D eigenvalue weighted by Gasteiger charge is 2.07. The predicted octanol–water partition coefficient (Wildman–Crippen LogP) is 1.74. The summed E-state index contributed by atoms with van der Waals surface area (Å²) in [5.74, 6) is 0.874. The molecule has 0 radical (unpaired) electrons. The lowest BCUT2D eigenvalue weighted by molar-refractivity contribution is 0.261. The summed E-state index contributed by atoms with van der Waals surface area (Å²) >= 11 is 5.97. The first-order chi connectivity index (χ1) is 7.19. The van der Waals surface area contributed by atoms with Gasteiger partial charge in [-0.15, -0.1) is 0 Å². The van der Waals surface area contributed by atoms with Crippen LogP contribution in [0.5, 0.6) is 5.75 Å². The van der Waals surface area contributed by atoms with E-state index in [1.54, 1.807) is 7.11 Å². The van der Waals surface area contributed by atoms with E-state index in [1.807, 2.05) is 19.1 Å². The third-order valence-electron chi connectivity index (χ3n) is 2.20. The van der Waals surface area contributed by atoms with Crippen molar-refractivity contribution in [1.29, 1.82) is 0 Å². The molecular formula is C11H16ClNO2. The molecular weight excluding hydrogens is 214 g/mol. The van der Waals surface area contributed by atoms with Gasteiger partial charge in [0.05, 0.1) is 13.8 Å². The summed E-state index contributed by atoms with van der Waals surface area (Å²) < 4.78 is 5.31. The van der Waals surface area contributed by atoms with E-state index in [4.69, 9.17) is 21.4 Å². The van der Waals surface area contributed by atoms with Crippen molar-refractivity contribution in [3.05, 3.63) is 28.3 Å². The van der Waals surface area contributed by atoms with Crippen LogP contribution in [0.2, 0.25) is 5.02 Å². The number of aliphatic hydroxyl groups is 1. The van der Waals surface area contributed by atoms with Crippen LogP contribution < -0.4 is 10.1 Å². The lowest BCUT2D eigenvalue weighted by Crippen LogP contribution is -2.18. The smallest absolute Gasteiger partial charge is 0.125 e. The second-order valence-corrected chi connectivity index (χ2v) is 3.76. The van der Waals surface area contributed by atoms with Crippen molar-refractivity contribution in [2.24, 2.45) is 0 Å². The maximum Gasteiger partial charge on any atom is 0.125 e. The summed E-state index contributed by atoms with van der Waals surface area (Å²) in [6.45, 7) is 2.65. The molecule has 0 heterocycles. The highest BCUT2D eigenvalue weighted by molar-refractivity contribution is 6.30. The van der Waals surface area contributed by atoms with Gasteiger partial charge in [0.15, 0.2) is 0 Å². The molecule has 1 rings (SSSR count). The van der Waals surface area contributed by atoms with E-state index in [2.05, 4.69) is 5.32 Å². The van der Waals surface area contributed by atoms with Crippen molar-refractivity contribution in [1.82, 2.24) is 5.32 Å². The maximum absolute atomic E-state index is 8.61. The normalized spacial score (nSPS) is 10.4. The number of hydrogen-bond acceptors (Lipinski definition) is 3. The minimum absolute atomic E-state index is 0.0120. The summed E-state index contributed by atoms with van der Waals surface area (Å²) in [6.07, 6.45) is 0.783. The van der Waals surface area contributed by atoms with Gasteiger partial charge in [0.2, 0.25) is 0 Å². The van der Waals surface area contributed by atoms with Crippen LogP contribution in [0, 0.1) is 6.92 Å². The minimum Gasteiger partial charge on any atom is -0.496 e. The highest BCUT2D eigenvalue weighted by Crippen LogP contribution is 2.27. The maximum atomic E-state index is 8.61. The lowest BCUT2D eigenvalue weighted by Gasteiger charge is -2.12. The summed E-state index contributed by atoms with van der Waals surface area (Å²) in [7, 11) is 1.65. The van der Waals surface area contributed by atoms with E-state index in [0.717, 1.165) is 23.3 Å². The molecule has 0 atom stereocenters. The van der Waals surface area contributed by atoms with Crippen LogP contribution in [-0.4, -0.2) is 25.5 Å². The molecule has 84 valence electrons. The Morgan fingerprint density at radius 2 is 2.20 bits per heavy atom. The topological polar surface area (TPSA) is 41.5 Å². The van der Waals surface area contributed by atoms with Gasteiger partial charge < -0.3 is 9.84 Å². The summed E-state index contributed by atoms with van der Waals surface area (Å²) in [5.41, 5.74) is 2.09. The zero-order valence-electron chi connectivity index (χ0n) is 9.01. The van der Waals surface area contributed by atoms with Gasteiger partial charge in [0.25, 0.3) is 0 Å². The highest BCUT2D eigenvalue weighted by atomic mass is 35.5. The Bertz CT molecular complexity index is 329. The van der Waals surface area contributed by atoms with Gasteiger partial charge >= 0.3 is 0 Å². The molecule has 0 unspecified atom stereocenters. The number of aryl methyl sites for hydroxylation is 1. The summed E-state index contributed by atoms with van der Waals surface area (Å²) in [5, 5.41) is 12.2. The Kier molecular flexibility index (Phi) is 4.88. The molecule has 0 aliphatic heterocycles. The third-order valence-corrected chi connectivity index (χ3v) is 2.42. The molecule has 0 saturated carbocycles. The molecule has 1 aromatic carbocycles. The van der Waals surface area contributed by atoms with Gasteiger partial charge in [-0.2, -0.15) is 0 Å². The molecule has 0 bridgehead atoms. The second-order valence-electron chi connectivity index (χ2n) is 3.32. The predicted molar refractivity (Wildman–Crippen MR) is 61.5 cm³/mol. The number of rotatable bonds is 5. The van der Waals surface area contributed by atoms with Crippen LogP contribution in [0.1, 0.15) is 11.1 Å². The molecule has 0 spiro atoms. The molecule has 0 saturated heterocycles. The van der Waals surface area contributed by atoms with Crippen molar-refractivity contribution in [3.8, 4) is 5.75 Å². The standard InChI is InChI=1S/C11H16ClNO2/c1-8-5-10(12)6-9(11(8)15-2)3-4-13-7-14/h5-6,13-14H,3-4,7H2,1-2H3. The Hall–Kier alpha value is -0.770. The fourth-order valence-electron chi connectivity index (χ4n) is 1.58. The molecule has 0 amide bonds. The zero-order valence-corrected chi connectivity index (χ0v) is 9.77. The number of ether oxygens (including phenoxy) is 1. The SMILES string of the molecule is COc1c(C)cc(Cl)cc1CCNCO. The van der Waals surface area contributed by atoms with Crippen molar-refractivity contribution in [3.63, 3.8) is 0 Å². The Labute approximate surface area is 95.0 Å². The first-order valence-electron chi connectivity index (χ1n) is 4.83. The molecule has 2 N–H and O–H groups in total. The van der Waals surface area contributed by atoms with Crippen LogP contribution in [0.3, 0.4) is 0 Å². The van der Waals surface area contributed by atoms with E-state index < -0.39 is 0 Å². The van der Waals surface area contributed by atoms with Gasteiger partial charge in [-0.1, -0.05) is 11.6 Å². The van der Waals surface area contributed by atoms with Crippen LogP contribution >= 0.6 is 11.6 Å². The molecule has 1 aromatic rings. The monoisotopic (exact) mass is 229 g/mol. The Morgan fingerprint density at radius 1 is 1.47 bits per heavy atom. The first-order valence-corrected chi connectivity index (χ1v) is 5.21. The molecule has 4 heteroatoms. The van der Waals surface area contributed by atoms with E-state index >= 15 is 0 Å². The quantitative estimate of drug-likeness (QED) is 0.597. The number of aliphatic hydroxyl groups excluding tert-OH is 1. The van der Waals surface area contributed by atoms with Crippen LogP contribution in [0.15, 0.2) is 12.1 Å². The van der Waals surface area contributed by atoms with Gasteiger partial charge in [-0.05, 0) is 36.6 Å². The van der Waals surface area contributed by atoms with Crippen LogP contribution in [-0.2, 0) is 6.42 Å². The van der Waals surface area contributed by atoms with Crippen LogP contribution in [0.25, 0.3) is 0 Å². The molecule has 0 aliphatic rings. The fraction of sp³-hybridized carbons (Fsp3) is 0.455. The van der Waals surface area contributed by atoms with E-state index in [1.165, 1.54) is 0 Å². The molecule has 15 heavy (non-hydrogen) atoms. The first kappa shape index (κ1) is 12.3. The number of methoxy groups -OCH3 is 1. The number of benzene rings is 1. The minimum atomic E-state index is -0.0120. The summed E-state index contributed by atoms with van der Waals surface area (Å²) in [6, 6.07) is 3.77. The zero-order chi connectivity index (χ0) is 11.3. The number of nitrogens with one attached hydrogen (secondary N) is 1. The third kappa shape index (κ3) is 3.38. The van der Waals surface area contributed by atoms with Crippen molar-refractivity contribution >= 4 is 11.6 Å².